The number of urea groups is 1. The Bertz CT molecular complexity index is 787. The standard InChI is InChI=1S/C16H10F3N3O/c17-16(18,19)15(11-6-2-1-3-7-11)12(10-20)13-8-4-5-9-22(13)14(23)21-15/h1-9H,(H,21,23)/t15-/m1/s1. The maximum absolute atomic E-state index is 14.0. The molecule has 2 aliphatic rings. The fourth-order valence-electron chi connectivity index (χ4n) is 2.72. The number of allylic oxidation sites excluding steroid dienone is 3. The zero-order valence-electron chi connectivity index (χ0n) is 11.6. The Labute approximate surface area is 129 Å². The molecule has 1 N–H and O–H groups in total. The van der Waals surface area contributed by atoms with Crippen molar-refractivity contribution in [3.63, 3.8) is 0 Å². The first-order valence-corrected chi connectivity index (χ1v) is 6.65. The predicted molar refractivity (Wildman–Crippen MR) is 75.5 cm³/mol. The number of carbonyl (C=O) groups is 1. The van der Waals surface area contributed by atoms with Crippen molar-refractivity contribution < 1.29 is 18.0 Å². The molecule has 0 aromatic heterocycles. The Kier molecular flexibility index (Phi) is 3.25. The van der Waals surface area contributed by atoms with Crippen molar-refractivity contribution >= 4 is 6.03 Å². The molecule has 0 bridgehead atoms. The van der Waals surface area contributed by atoms with Gasteiger partial charge in [-0.25, -0.2) is 4.79 Å². The summed E-state index contributed by atoms with van der Waals surface area (Å²) in [5, 5.41) is 11.4. The monoisotopic (exact) mass is 317 g/mol. The Morgan fingerprint density at radius 2 is 1.87 bits per heavy atom. The van der Waals surface area contributed by atoms with Crippen LogP contribution in [0, 0.1) is 11.3 Å². The molecule has 116 valence electrons. The van der Waals surface area contributed by atoms with E-state index in [9.17, 15) is 23.2 Å². The Morgan fingerprint density at radius 1 is 1.17 bits per heavy atom. The minimum atomic E-state index is -4.89. The van der Waals surface area contributed by atoms with E-state index in [4.69, 9.17) is 0 Å². The number of nitrogens with one attached hydrogen (secondary N) is 1. The van der Waals surface area contributed by atoms with Crippen LogP contribution in [-0.2, 0) is 5.54 Å². The highest BCUT2D eigenvalue weighted by Gasteiger charge is 2.63. The molecule has 4 nitrogen and oxygen atoms in total. The van der Waals surface area contributed by atoms with Gasteiger partial charge in [-0.2, -0.15) is 18.4 Å². The molecule has 0 saturated heterocycles. The molecule has 1 aromatic rings. The number of halogens is 3. The number of nitriles is 1. The minimum absolute atomic E-state index is 0.0834. The first kappa shape index (κ1) is 14.9. The van der Waals surface area contributed by atoms with E-state index in [0.29, 0.717) is 0 Å². The van der Waals surface area contributed by atoms with Gasteiger partial charge >= 0.3 is 12.2 Å². The van der Waals surface area contributed by atoms with E-state index in [-0.39, 0.29) is 11.3 Å². The Morgan fingerprint density at radius 3 is 2.48 bits per heavy atom. The number of alkyl halides is 3. The van der Waals surface area contributed by atoms with Gasteiger partial charge in [0, 0.05) is 6.20 Å². The van der Waals surface area contributed by atoms with E-state index in [1.807, 2.05) is 5.32 Å². The van der Waals surface area contributed by atoms with Crippen LogP contribution in [0.3, 0.4) is 0 Å². The van der Waals surface area contributed by atoms with Gasteiger partial charge in [0.15, 0.2) is 0 Å². The summed E-state index contributed by atoms with van der Waals surface area (Å²) in [7, 11) is 0. The van der Waals surface area contributed by atoms with Crippen molar-refractivity contribution in [1.29, 1.82) is 5.26 Å². The molecule has 2 aliphatic heterocycles. The van der Waals surface area contributed by atoms with Gasteiger partial charge in [0.05, 0.1) is 11.3 Å². The summed E-state index contributed by atoms with van der Waals surface area (Å²) < 4.78 is 42.0. The second-order valence-corrected chi connectivity index (χ2v) is 4.99. The number of benzene rings is 1. The lowest BCUT2D eigenvalue weighted by Gasteiger charge is -2.43. The lowest BCUT2D eigenvalue weighted by molar-refractivity contribution is -0.186. The lowest BCUT2D eigenvalue weighted by Crippen LogP contribution is -2.62. The fourth-order valence-corrected chi connectivity index (χ4v) is 2.72. The van der Waals surface area contributed by atoms with Crippen molar-refractivity contribution in [1.82, 2.24) is 10.2 Å². The quantitative estimate of drug-likeness (QED) is 0.864. The molecule has 0 saturated carbocycles. The van der Waals surface area contributed by atoms with Gasteiger partial charge in [0.2, 0.25) is 5.54 Å². The molecule has 0 unspecified atom stereocenters. The van der Waals surface area contributed by atoms with Crippen LogP contribution in [0.25, 0.3) is 0 Å². The summed E-state index contributed by atoms with van der Waals surface area (Å²) in [6, 6.07) is 7.59. The van der Waals surface area contributed by atoms with Gasteiger partial charge in [0.25, 0.3) is 0 Å². The maximum atomic E-state index is 14.0. The summed E-state index contributed by atoms with van der Waals surface area (Å²) >= 11 is 0. The van der Waals surface area contributed by atoms with Crippen molar-refractivity contribution in [2.45, 2.75) is 11.7 Å². The molecule has 0 aliphatic carbocycles. The van der Waals surface area contributed by atoms with Gasteiger partial charge in [-0.15, -0.1) is 0 Å². The summed E-state index contributed by atoms with van der Waals surface area (Å²) in [5.74, 6) is 0. The molecule has 1 aromatic carbocycles. The van der Waals surface area contributed by atoms with Gasteiger partial charge in [0.1, 0.15) is 6.07 Å². The number of hydrogen-bond donors (Lipinski definition) is 1. The molecule has 0 spiro atoms. The number of fused-ring (bicyclic) bond motifs is 1. The summed E-state index contributed by atoms with van der Waals surface area (Å²) in [5.41, 5.74) is -3.75. The average Bonchev–Trinajstić information content (AvgIpc) is 2.54. The van der Waals surface area contributed by atoms with E-state index in [2.05, 4.69) is 0 Å². The van der Waals surface area contributed by atoms with Crippen LogP contribution in [-0.4, -0.2) is 17.1 Å². The number of nitrogens with zero attached hydrogens (tertiary/aromatic N) is 2. The molecule has 2 heterocycles. The normalized spacial score (nSPS) is 23.4. The fraction of sp³-hybridized carbons (Fsp3) is 0.125. The van der Waals surface area contributed by atoms with Crippen LogP contribution in [0.4, 0.5) is 18.0 Å². The molecular weight excluding hydrogens is 307 g/mol. The smallest absolute Gasteiger partial charge is 0.315 e. The van der Waals surface area contributed by atoms with E-state index < -0.39 is 23.3 Å². The molecule has 7 heteroatoms. The molecule has 0 radical (unpaired) electrons. The Hall–Kier alpha value is -3.01. The molecular formula is C16H10F3N3O. The van der Waals surface area contributed by atoms with Gasteiger partial charge < -0.3 is 5.32 Å². The molecule has 3 rings (SSSR count). The van der Waals surface area contributed by atoms with Crippen molar-refractivity contribution in [2.75, 3.05) is 0 Å². The topological polar surface area (TPSA) is 56.1 Å². The van der Waals surface area contributed by atoms with Gasteiger partial charge in [-0.05, 0) is 17.7 Å². The highest BCUT2D eigenvalue weighted by Crippen LogP contribution is 2.48. The summed E-state index contributed by atoms with van der Waals surface area (Å²) in [6.07, 6.45) is 0.728. The predicted octanol–water partition coefficient (Wildman–Crippen LogP) is 3.33. The van der Waals surface area contributed by atoms with Crippen molar-refractivity contribution in [2.24, 2.45) is 0 Å². The van der Waals surface area contributed by atoms with Crippen LogP contribution >= 0.6 is 0 Å². The van der Waals surface area contributed by atoms with E-state index in [1.54, 1.807) is 12.1 Å². The SMILES string of the molecule is N#CC1=C2C=CC=CN2C(=O)N[C@@]1(c1ccccc1)C(F)(F)F. The second kappa shape index (κ2) is 5.02. The number of hydrogen-bond acceptors (Lipinski definition) is 2. The van der Waals surface area contributed by atoms with Gasteiger partial charge in [-0.3, -0.25) is 4.90 Å². The minimum Gasteiger partial charge on any atom is -0.315 e. The third-order valence-electron chi connectivity index (χ3n) is 3.75. The van der Waals surface area contributed by atoms with E-state index in [1.165, 1.54) is 48.7 Å². The van der Waals surface area contributed by atoms with E-state index in [0.717, 1.165) is 4.90 Å². The average molecular weight is 317 g/mol. The van der Waals surface area contributed by atoms with Gasteiger partial charge in [-0.1, -0.05) is 36.4 Å². The zero-order chi connectivity index (χ0) is 16.7. The van der Waals surface area contributed by atoms with Crippen molar-refractivity contribution in [3.8, 4) is 6.07 Å². The van der Waals surface area contributed by atoms with Crippen LogP contribution in [0.15, 0.2) is 66.0 Å². The van der Waals surface area contributed by atoms with Crippen LogP contribution < -0.4 is 5.32 Å². The Balaban J connectivity index is 2.37. The third kappa shape index (κ3) is 2.03. The first-order chi connectivity index (χ1) is 10.9. The largest absolute Gasteiger partial charge is 0.420 e. The van der Waals surface area contributed by atoms with Crippen LogP contribution in [0.1, 0.15) is 5.56 Å². The maximum Gasteiger partial charge on any atom is 0.420 e. The molecule has 2 amide bonds. The van der Waals surface area contributed by atoms with Crippen LogP contribution in [0.2, 0.25) is 0 Å². The lowest BCUT2D eigenvalue weighted by atomic mass is 9.79. The number of rotatable bonds is 1. The number of amides is 2. The zero-order valence-corrected chi connectivity index (χ0v) is 11.6. The highest BCUT2D eigenvalue weighted by atomic mass is 19.4. The molecule has 1 atom stereocenters. The number of carbonyl (C=O) groups excluding carboxylic acids is 1. The first-order valence-electron chi connectivity index (χ1n) is 6.65. The molecule has 23 heavy (non-hydrogen) atoms. The van der Waals surface area contributed by atoms with Crippen LogP contribution in [0.5, 0.6) is 0 Å². The van der Waals surface area contributed by atoms with E-state index >= 15 is 0 Å². The van der Waals surface area contributed by atoms with Crippen molar-refractivity contribution in [3.05, 3.63) is 71.6 Å². The second-order valence-electron chi connectivity index (χ2n) is 4.99. The molecule has 0 fully saturated rings. The highest BCUT2D eigenvalue weighted by molar-refractivity contribution is 5.84. The summed E-state index contributed by atoms with van der Waals surface area (Å²) in [4.78, 5) is 13.2. The third-order valence-corrected chi connectivity index (χ3v) is 3.75. The summed E-state index contributed by atoms with van der Waals surface area (Å²) in [6.45, 7) is 0.